The van der Waals surface area contributed by atoms with Crippen LogP contribution >= 0.6 is 0 Å². The molecular weight excluding hydrogens is 311 g/mol. The van der Waals surface area contributed by atoms with Crippen molar-refractivity contribution in [2.45, 2.75) is 44.9 Å². The summed E-state index contributed by atoms with van der Waals surface area (Å²) in [5.41, 5.74) is 0.310. The fourth-order valence-electron chi connectivity index (χ4n) is 3.05. The van der Waals surface area contributed by atoms with Gasteiger partial charge in [0.15, 0.2) is 0 Å². The highest BCUT2D eigenvalue weighted by Gasteiger charge is 2.36. The van der Waals surface area contributed by atoms with E-state index in [0.29, 0.717) is 5.56 Å². The minimum Gasteiger partial charge on any atom is -0.446 e. The van der Waals surface area contributed by atoms with E-state index in [9.17, 15) is 9.18 Å². The molecule has 5 nitrogen and oxygen atoms in total. The van der Waals surface area contributed by atoms with E-state index in [1.165, 1.54) is 19.2 Å². The second-order valence-electron chi connectivity index (χ2n) is 7.04. The summed E-state index contributed by atoms with van der Waals surface area (Å²) in [7, 11) is 1.52. The van der Waals surface area contributed by atoms with Gasteiger partial charge in [-0.2, -0.15) is 0 Å². The number of ether oxygens (including phenoxy) is 2. The van der Waals surface area contributed by atoms with Crippen LogP contribution in [0.4, 0.5) is 9.18 Å². The number of hydrogen-bond donors (Lipinski definition) is 1. The van der Waals surface area contributed by atoms with Gasteiger partial charge in [-0.15, -0.1) is 0 Å². The first-order valence-corrected chi connectivity index (χ1v) is 8.28. The molecule has 0 spiro atoms. The molecule has 1 heterocycles. The molecule has 2 rings (SSSR count). The summed E-state index contributed by atoms with van der Waals surface area (Å²) in [4.78, 5) is 14.4. The van der Waals surface area contributed by atoms with Gasteiger partial charge in [-0.05, 0) is 51.4 Å². The van der Waals surface area contributed by atoms with Crippen LogP contribution in [0.1, 0.15) is 38.9 Å². The predicted octanol–water partition coefficient (Wildman–Crippen LogP) is 3.11. The fraction of sp³-hybridized carbons (Fsp3) is 0.611. The second kappa shape index (κ2) is 7.94. The molecule has 1 N–H and O–H groups in total. The van der Waals surface area contributed by atoms with Gasteiger partial charge in [0.25, 0.3) is 0 Å². The first-order chi connectivity index (χ1) is 11.3. The topological polar surface area (TPSA) is 50.8 Å². The van der Waals surface area contributed by atoms with E-state index in [1.807, 2.05) is 20.8 Å². The smallest absolute Gasteiger partial charge is 0.410 e. The van der Waals surface area contributed by atoms with Crippen LogP contribution in [0.5, 0.6) is 0 Å². The van der Waals surface area contributed by atoms with E-state index in [4.69, 9.17) is 9.47 Å². The quantitative estimate of drug-likeness (QED) is 0.896. The zero-order valence-electron chi connectivity index (χ0n) is 14.8. The molecule has 1 fully saturated rings. The Kier molecular flexibility index (Phi) is 6.18. The molecule has 0 bridgehead atoms. The highest BCUT2D eigenvalue weighted by atomic mass is 19.1. The molecule has 1 amide bonds. The van der Waals surface area contributed by atoms with E-state index in [-0.39, 0.29) is 30.1 Å². The molecule has 24 heavy (non-hydrogen) atoms. The molecule has 0 radical (unpaired) electrons. The number of halogens is 1. The number of nitrogens with zero attached hydrogens (tertiary/aromatic N) is 1. The molecule has 1 saturated heterocycles. The molecule has 0 aliphatic carbocycles. The summed E-state index contributed by atoms with van der Waals surface area (Å²) >= 11 is 0. The highest BCUT2D eigenvalue weighted by Crippen LogP contribution is 2.24. The molecule has 1 aliphatic rings. The van der Waals surface area contributed by atoms with Crippen molar-refractivity contribution in [2.24, 2.45) is 0 Å². The molecule has 1 aromatic carbocycles. The minimum atomic E-state index is -0.492. The lowest BCUT2D eigenvalue weighted by molar-refractivity contribution is 0.00222. The van der Waals surface area contributed by atoms with Crippen molar-refractivity contribution in [3.05, 3.63) is 35.6 Å². The van der Waals surface area contributed by atoms with Gasteiger partial charge in [0.1, 0.15) is 18.5 Å². The number of carbonyl (C=O) groups excluding carboxylic acids is 1. The zero-order valence-corrected chi connectivity index (χ0v) is 14.8. The molecule has 1 unspecified atom stereocenters. The van der Waals surface area contributed by atoms with Gasteiger partial charge in [-0.25, -0.2) is 9.18 Å². The van der Waals surface area contributed by atoms with E-state index in [2.05, 4.69) is 5.32 Å². The number of methoxy groups -OCH3 is 1. The fourth-order valence-corrected chi connectivity index (χ4v) is 3.05. The van der Waals surface area contributed by atoms with E-state index in [1.54, 1.807) is 17.0 Å². The van der Waals surface area contributed by atoms with Gasteiger partial charge in [0.2, 0.25) is 0 Å². The van der Waals surface area contributed by atoms with E-state index < -0.39 is 6.10 Å². The average molecular weight is 338 g/mol. The van der Waals surface area contributed by atoms with Gasteiger partial charge in [-0.1, -0.05) is 12.1 Å². The van der Waals surface area contributed by atoms with Crippen LogP contribution in [0.3, 0.4) is 0 Å². The Morgan fingerprint density at radius 1 is 1.46 bits per heavy atom. The maximum atomic E-state index is 13.4. The summed E-state index contributed by atoms with van der Waals surface area (Å²) in [5.74, 6) is -0.339. The Labute approximate surface area is 143 Å². The number of hydrogen-bond acceptors (Lipinski definition) is 4. The van der Waals surface area contributed by atoms with Crippen molar-refractivity contribution in [1.82, 2.24) is 10.2 Å². The summed E-state index contributed by atoms with van der Waals surface area (Å²) in [6.07, 6.45) is 0.0482. The summed E-state index contributed by atoms with van der Waals surface area (Å²) in [6, 6.07) is 6.26. The molecule has 1 aromatic rings. The second-order valence-corrected chi connectivity index (χ2v) is 7.04. The third-order valence-corrected chi connectivity index (χ3v) is 4.18. The third-order valence-electron chi connectivity index (χ3n) is 4.18. The number of carbonyl (C=O) groups is 1. The van der Waals surface area contributed by atoms with Crippen LogP contribution in [-0.4, -0.2) is 49.4 Å². The van der Waals surface area contributed by atoms with Crippen molar-refractivity contribution in [3.63, 3.8) is 0 Å². The zero-order chi connectivity index (χ0) is 17.7. The Balaban J connectivity index is 2.03. The van der Waals surface area contributed by atoms with E-state index >= 15 is 0 Å². The molecule has 0 aromatic heterocycles. The number of amides is 1. The lowest BCUT2D eigenvalue weighted by Crippen LogP contribution is -2.52. The molecule has 6 heteroatoms. The van der Waals surface area contributed by atoms with Crippen LogP contribution in [-0.2, 0) is 9.47 Å². The molecule has 1 aliphatic heterocycles. The highest BCUT2D eigenvalue weighted by molar-refractivity contribution is 5.69. The number of rotatable bonds is 5. The van der Waals surface area contributed by atoms with Gasteiger partial charge in [0.05, 0.1) is 0 Å². The maximum absolute atomic E-state index is 13.4. The van der Waals surface area contributed by atoms with Crippen molar-refractivity contribution in [2.75, 3.05) is 26.8 Å². The van der Waals surface area contributed by atoms with Crippen LogP contribution in [0.15, 0.2) is 24.3 Å². The molecular formula is C18H27FN2O3. The lowest BCUT2D eigenvalue weighted by atomic mass is 10.0. The van der Waals surface area contributed by atoms with Crippen molar-refractivity contribution in [3.8, 4) is 0 Å². The number of nitrogens with one attached hydrogen (secondary N) is 1. The Morgan fingerprint density at radius 2 is 2.21 bits per heavy atom. The first-order valence-electron chi connectivity index (χ1n) is 8.28. The predicted molar refractivity (Wildman–Crippen MR) is 90.4 cm³/mol. The van der Waals surface area contributed by atoms with Crippen LogP contribution in [0, 0.1) is 5.82 Å². The summed E-state index contributed by atoms with van der Waals surface area (Å²) in [6.45, 7) is 7.69. The number of benzene rings is 1. The summed E-state index contributed by atoms with van der Waals surface area (Å²) in [5, 5.41) is 3.27. The molecule has 134 valence electrons. The molecule has 2 atom stereocenters. The molecule has 0 saturated carbocycles. The average Bonchev–Trinajstić information content (AvgIpc) is 3.00. The SMILES string of the molecule is CO[C@@H](COC(=O)N(C1CCNC1)C(C)(C)C)c1cccc(F)c1. The monoisotopic (exact) mass is 338 g/mol. The maximum Gasteiger partial charge on any atom is 0.410 e. The Morgan fingerprint density at radius 3 is 2.75 bits per heavy atom. The summed E-state index contributed by atoms with van der Waals surface area (Å²) < 4.78 is 24.2. The van der Waals surface area contributed by atoms with Crippen molar-refractivity contribution in [1.29, 1.82) is 0 Å². The van der Waals surface area contributed by atoms with Gasteiger partial charge < -0.3 is 14.8 Å². The van der Waals surface area contributed by atoms with Crippen LogP contribution in [0.2, 0.25) is 0 Å². The van der Waals surface area contributed by atoms with Gasteiger partial charge in [0, 0.05) is 25.2 Å². The van der Waals surface area contributed by atoms with Gasteiger partial charge in [-0.3, -0.25) is 4.90 Å². The third kappa shape index (κ3) is 4.68. The van der Waals surface area contributed by atoms with E-state index in [0.717, 1.165) is 19.5 Å². The van der Waals surface area contributed by atoms with Crippen LogP contribution < -0.4 is 5.32 Å². The Hall–Kier alpha value is -1.66. The van der Waals surface area contributed by atoms with Crippen molar-refractivity contribution < 1.29 is 18.7 Å². The lowest BCUT2D eigenvalue weighted by Gasteiger charge is -2.39. The normalized spacial score (nSPS) is 19.1. The minimum absolute atomic E-state index is 0.0471. The largest absolute Gasteiger partial charge is 0.446 e. The van der Waals surface area contributed by atoms with Crippen molar-refractivity contribution >= 4 is 6.09 Å². The Bertz CT molecular complexity index is 553. The van der Waals surface area contributed by atoms with Gasteiger partial charge >= 0.3 is 6.09 Å². The van der Waals surface area contributed by atoms with Crippen LogP contribution in [0.25, 0.3) is 0 Å². The first kappa shape index (κ1) is 18.7. The standard InChI is InChI=1S/C18H27FN2O3/c1-18(2,3)21(15-8-9-20-11-15)17(22)24-12-16(23-4)13-6-5-7-14(19)10-13/h5-7,10,15-16,20H,8-9,11-12H2,1-4H3/t15?,16-/m0/s1.